The maximum atomic E-state index is 5.78. The maximum Gasteiger partial charge on any atom is 0.189 e. The van der Waals surface area contributed by atoms with Crippen LogP contribution in [0.25, 0.3) is 0 Å². The van der Waals surface area contributed by atoms with E-state index < -0.39 is 0 Å². The second-order valence-electron chi connectivity index (χ2n) is 4.44. The average Bonchev–Trinajstić information content (AvgIpc) is 2.52. The van der Waals surface area contributed by atoms with Gasteiger partial charge in [-0.2, -0.15) is 0 Å². The fourth-order valence-corrected chi connectivity index (χ4v) is 1.95. The molecular formula is C16H16O4. The maximum absolute atomic E-state index is 5.78. The number of ether oxygens (including phenoxy) is 4. The molecule has 1 aliphatic heterocycles. The van der Waals surface area contributed by atoms with Gasteiger partial charge in [0, 0.05) is 0 Å². The molecule has 0 unspecified atom stereocenters. The van der Waals surface area contributed by atoms with Gasteiger partial charge < -0.3 is 18.9 Å². The third-order valence-electron chi connectivity index (χ3n) is 2.92. The summed E-state index contributed by atoms with van der Waals surface area (Å²) in [7, 11) is 0. The normalized spacial score (nSPS) is 16.7. The van der Waals surface area contributed by atoms with Crippen LogP contribution in [0.15, 0.2) is 54.6 Å². The van der Waals surface area contributed by atoms with E-state index in [0.717, 1.165) is 17.2 Å². The third kappa shape index (κ3) is 3.22. The molecule has 1 heterocycles. The Morgan fingerprint density at radius 1 is 0.950 bits per heavy atom. The van der Waals surface area contributed by atoms with Gasteiger partial charge in [0.1, 0.15) is 12.4 Å². The van der Waals surface area contributed by atoms with Gasteiger partial charge in [-0.3, -0.25) is 0 Å². The number of hydrogen-bond donors (Lipinski definition) is 0. The number of para-hydroxylation sites is 3. The summed E-state index contributed by atoms with van der Waals surface area (Å²) in [6, 6.07) is 17.2. The van der Waals surface area contributed by atoms with Crippen LogP contribution < -0.4 is 14.2 Å². The molecule has 0 saturated carbocycles. The van der Waals surface area contributed by atoms with E-state index in [1.165, 1.54) is 0 Å². The molecule has 0 fully saturated rings. The van der Waals surface area contributed by atoms with Crippen LogP contribution in [-0.4, -0.2) is 26.1 Å². The highest BCUT2D eigenvalue weighted by atomic mass is 16.7. The molecule has 1 aliphatic rings. The van der Waals surface area contributed by atoms with E-state index in [9.17, 15) is 0 Å². The lowest BCUT2D eigenvalue weighted by atomic mass is 10.3. The molecular weight excluding hydrogens is 256 g/mol. The van der Waals surface area contributed by atoms with E-state index in [0.29, 0.717) is 13.2 Å². The summed E-state index contributed by atoms with van der Waals surface area (Å²) in [5, 5.41) is 0. The molecule has 2 aromatic carbocycles. The summed E-state index contributed by atoms with van der Waals surface area (Å²) in [6.45, 7) is 1.12. The van der Waals surface area contributed by atoms with Crippen molar-refractivity contribution in [1.82, 2.24) is 0 Å². The van der Waals surface area contributed by atoms with E-state index in [2.05, 4.69) is 0 Å². The molecule has 1 atom stereocenters. The Kier molecular flexibility index (Phi) is 4.04. The van der Waals surface area contributed by atoms with Crippen LogP contribution in [-0.2, 0) is 4.74 Å². The first-order valence-electron chi connectivity index (χ1n) is 6.56. The molecule has 0 N–H and O–H groups in total. The lowest BCUT2D eigenvalue weighted by Gasteiger charge is -2.26. The molecule has 104 valence electrons. The van der Waals surface area contributed by atoms with Crippen molar-refractivity contribution in [3.05, 3.63) is 54.6 Å². The summed E-state index contributed by atoms with van der Waals surface area (Å²) >= 11 is 0. The summed E-state index contributed by atoms with van der Waals surface area (Å²) in [4.78, 5) is 0. The minimum atomic E-state index is -0.107. The molecule has 0 spiro atoms. The molecule has 0 aliphatic carbocycles. The number of fused-ring (bicyclic) bond motifs is 1. The molecule has 4 nitrogen and oxygen atoms in total. The Morgan fingerprint density at radius 3 is 2.55 bits per heavy atom. The second kappa shape index (κ2) is 6.30. The van der Waals surface area contributed by atoms with Crippen LogP contribution in [0.3, 0.4) is 0 Å². The Labute approximate surface area is 117 Å². The van der Waals surface area contributed by atoms with Gasteiger partial charge in [-0.05, 0) is 24.3 Å². The molecule has 0 radical (unpaired) electrons. The van der Waals surface area contributed by atoms with Crippen LogP contribution in [0.5, 0.6) is 17.2 Å². The first-order chi connectivity index (χ1) is 9.92. The summed E-state index contributed by atoms with van der Waals surface area (Å²) in [6.07, 6.45) is -0.107. The van der Waals surface area contributed by atoms with Gasteiger partial charge in [0.05, 0.1) is 6.61 Å². The Morgan fingerprint density at radius 2 is 1.70 bits per heavy atom. The monoisotopic (exact) mass is 272 g/mol. The third-order valence-corrected chi connectivity index (χ3v) is 2.92. The first-order valence-corrected chi connectivity index (χ1v) is 6.56. The van der Waals surface area contributed by atoms with Crippen molar-refractivity contribution in [1.29, 1.82) is 0 Å². The molecule has 0 saturated heterocycles. The van der Waals surface area contributed by atoms with Gasteiger partial charge in [0.2, 0.25) is 0 Å². The Balaban J connectivity index is 1.42. The van der Waals surface area contributed by atoms with Gasteiger partial charge in [0.15, 0.2) is 24.4 Å². The molecule has 4 heteroatoms. The highest BCUT2D eigenvalue weighted by molar-refractivity contribution is 5.40. The van der Waals surface area contributed by atoms with Gasteiger partial charge >= 0.3 is 0 Å². The lowest BCUT2D eigenvalue weighted by molar-refractivity contribution is -0.0407. The minimum absolute atomic E-state index is 0.107. The SMILES string of the molecule is c1ccc(OCOC[C@H]2COc3ccccc3O2)cc1. The van der Waals surface area contributed by atoms with Gasteiger partial charge in [-0.25, -0.2) is 0 Å². The van der Waals surface area contributed by atoms with E-state index in [1.807, 2.05) is 54.6 Å². The summed E-state index contributed by atoms with van der Waals surface area (Å²) < 4.78 is 22.3. The lowest BCUT2D eigenvalue weighted by Crippen LogP contribution is -2.33. The van der Waals surface area contributed by atoms with Crippen molar-refractivity contribution < 1.29 is 18.9 Å². The number of benzene rings is 2. The molecule has 2 aromatic rings. The number of hydrogen-bond acceptors (Lipinski definition) is 4. The Hall–Kier alpha value is -2.20. The number of rotatable bonds is 5. The highest BCUT2D eigenvalue weighted by Gasteiger charge is 2.20. The Bertz CT molecular complexity index is 541. The molecule has 3 rings (SSSR count). The summed E-state index contributed by atoms with van der Waals surface area (Å²) in [5.41, 5.74) is 0. The van der Waals surface area contributed by atoms with Crippen molar-refractivity contribution in [2.24, 2.45) is 0 Å². The fraction of sp³-hybridized carbons (Fsp3) is 0.250. The quantitative estimate of drug-likeness (QED) is 0.619. The second-order valence-corrected chi connectivity index (χ2v) is 4.44. The van der Waals surface area contributed by atoms with Crippen LogP contribution in [0.4, 0.5) is 0 Å². The van der Waals surface area contributed by atoms with Crippen molar-refractivity contribution in [3.63, 3.8) is 0 Å². The molecule has 0 bridgehead atoms. The van der Waals surface area contributed by atoms with Crippen molar-refractivity contribution in [2.75, 3.05) is 20.0 Å². The van der Waals surface area contributed by atoms with Crippen molar-refractivity contribution in [3.8, 4) is 17.2 Å². The fourth-order valence-electron chi connectivity index (χ4n) is 1.95. The molecule has 0 amide bonds. The minimum Gasteiger partial charge on any atom is -0.486 e. The van der Waals surface area contributed by atoms with Gasteiger partial charge in [0.25, 0.3) is 0 Å². The topological polar surface area (TPSA) is 36.9 Å². The zero-order valence-corrected chi connectivity index (χ0v) is 11.0. The van der Waals surface area contributed by atoms with Crippen molar-refractivity contribution in [2.45, 2.75) is 6.10 Å². The van der Waals surface area contributed by atoms with Crippen LogP contribution in [0.2, 0.25) is 0 Å². The summed E-state index contributed by atoms with van der Waals surface area (Å²) in [5.74, 6) is 2.33. The van der Waals surface area contributed by atoms with E-state index in [4.69, 9.17) is 18.9 Å². The van der Waals surface area contributed by atoms with Gasteiger partial charge in [-0.15, -0.1) is 0 Å². The standard InChI is InChI=1S/C16H16O4/c1-2-6-13(7-3-1)19-12-17-10-14-11-18-15-8-4-5-9-16(15)20-14/h1-9,14H,10-12H2/t14-/m0/s1. The van der Waals surface area contributed by atoms with Crippen LogP contribution in [0, 0.1) is 0 Å². The van der Waals surface area contributed by atoms with Crippen molar-refractivity contribution >= 4 is 0 Å². The smallest absolute Gasteiger partial charge is 0.189 e. The largest absolute Gasteiger partial charge is 0.486 e. The molecule has 20 heavy (non-hydrogen) atoms. The zero-order chi connectivity index (χ0) is 13.6. The van der Waals surface area contributed by atoms with Crippen LogP contribution >= 0.6 is 0 Å². The predicted molar refractivity (Wildman–Crippen MR) is 74.2 cm³/mol. The highest BCUT2D eigenvalue weighted by Crippen LogP contribution is 2.30. The van der Waals surface area contributed by atoms with E-state index in [-0.39, 0.29) is 12.9 Å². The average molecular weight is 272 g/mol. The first kappa shape index (κ1) is 12.8. The zero-order valence-electron chi connectivity index (χ0n) is 11.0. The van der Waals surface area contributed by atoms with Gasteiger partial charge in [-0.1, -0.05) is 30.3 Å². The van der Waals surface area contributed by atoms with E-state index >= 15 is 0 Å². The van der Waals surface area contributed by atoms with E-state index in [1.54, 1.807) is 0 Å². The van der Waals surface area contributed by atoms with Crippen LogP contribution in [0.1, 0.15) is 0 Å². The molecule has 0 aromatic heterocycles. The predicted octanol–water partition coefficient (Wildman–Crippen LogP) is 2.88.